The predicted octanol–water partition coefficient (Wildman–Crippen LogP) is 9.02. The summed E-state index contributed by atoms with van der Waals surface area (Å²) in [6.07, 6.45) is -6.44. The van der Waals surface area contributed by atoms with E-state index >= 15 is 4.79 Å². The summed E-state index contributed by atoms with van der Waals surface area (Å²) in [5.41, 5.74) is 19.2. The molecule has 0 bridgehead atoms. The first-order chi connectivity index (χ1) is 51.4. The van der Waals surface area contributed by atoms with Gasteiger partial charge >= 0.3 is 6.18 Å². The van der Waals surface area contributed by atoms with Crippen LogP contribution in [0, 0.1) is 32.1 Å². The van der Waals surface area contributed by atoms with E-state index < -0.39 is 126 Å². The van der Waals surface area contributed by atoms with Gasteiger partial charge in [0.2, 0.25) is 47.2 Å². The lowest BCUT2D eigenvalue weighted by molar-refractivity contribution is -0.171. The third-order valence-corrected chi connectivity index (χ3v) is 23.0. The van der Waals surface area contributed by atoms with Crippen LogP contribution in [-0.2, 0) is 66.2 Å². The number of thiazole rings is 3. The number of likely N-dealkylation sites (tertiary alicyclic amines) is 3. The number of amides is 8. The number of carbonyl (C=O) groups is 8. The van der Waals surface area contributed by atoms with Crippen LogP contribution in [0.5, 0.6) is 11.6 Å². The molecular weight excluding hydrogens is 1450 g/mol. The topological polar surface area (TPSA) is 314 Å². The second-order valence-electron chi connectivity index (χ2n) is 29.2. The van der Waals surface area contributed by atoms with Crippen LogP contribution in [0.25, 0.3) is 31.3 Å². The average molecular weight is 1530 g/mol. The van der Waals surface area contributed by atoms with Gasteiger partial charge in [-0.3, -0.25) is 38.4 Å². The number of aryl methyl sites for hydroxylation is 4. The monoisotopic (exact) mass is 1530 g/mol. The molecule has 4 aliphatic heterocycles. The zero-order chi connectivity index (χ0) is 77.0. The van der Waals surface area contributed by atoms with Crippen molar-refractivity contribution < 1.29 is 66.1 Å². The van der Waals surface area contributed by atoms with Crippen molar-refractivity contribution >= 4 is 81.3 Å². The lowest BCUT2D eigenvalue weighted by Gasteiger charge is -2.35. The highest BCUT2D eigenvalue weighted by atomic mass is 32.1. The largest absolute Gasteiger partial charge is 0.488 e. The number of hydrogen-bond donors (Lipinski definition) is 6. The highest BCUT2D eigenvalue weighted by Crippen LogP contribution is 2.37. The van der Waals surface area contributed by atoms with Gasteiger partial charge < -0.3 is 61.2 Å². The Balaban J connectivity index is 0.689. The van der Waals surface area contributed by atoms with Gasteiger partial charge in [0.05, 0.1) is 67.4 Å². The molecule has 7 N–H and O–H groups in total. The molecule has 0 radical (unpaired) electrons. The minimum Gasteiger partial charge on any atom is -0.488 e. The fraction of sp³-hybridized carbons (Fsp3) is 0.410. The van der Waals surface area contributed by atoms with Gasteiger partial charge in [-0.2, -0.15) is 13.2 Å². The van der Waals surface area contributed by atoms with Crippen molar-refractivity contribution in [3.05, 3.63) is 176 Å². The second kappa shape index (κ2) is 32.8. The number of nitrogens with zero attached hydrogens (tertiary/aromatic N) is 8. The maximum atomic E-state index is 15.2. The van der Waals surface area contributed by atoms with Crippen LogP contribution in [0.15, 0.2) is 126 Å². The number of aliphatic hydroxyl groups excluding tert-OH is 1. The molecule has 4 aromatic heterocycles. The Morgan fingerprint density at radius 1 is 0.593 bits per heavy atom. The van der Waals surface area contributed by atoms with Crippen LogP contribution < -0.4 is 36.5 Å². The van der Waals surface area contributed by atoms with E-state index in [4.69, 9.17) is 15.2 Å². The van der Waals surface area contributed by atoms with E-state index in [-0.39, 0.29) is 88.6 Å². The molecule has 8 heterocycles. The number of fused-ring (bicyclic) bond motifs is 1. The van der Waals surface area contributed by atoms with Gasteiger partial charge in [0.15, 0.2) is 6.04 Å². The highest BCUT2D eigenvalue weighted by Gasteiger charge is 2.51. The van der Waals surface area contributed by atoms with Crippen LogP contribution in [0.1, 0.15) is 116 Å². The van der Waals surface area contributed by atoms with Gasteiger partial charge in [-0.15, -0.1) is 34.0 Å². The number of β-amino-alcohol motifs (C(OH)–C–C–N with tert-alkyl or cyclic N) is 1. The van der Waals surface area contributed by atoms with E-state index in [1.165, 1.54) is 49.6 Å². The van der Waals surface area contributed by atoms with Crippen LogP contribution in [0.2, 0.25) is 0 Å². The molecule has 0 saturated carbocycles. The molecular formula is C78H86F3N13O11S3. The van der Waals surface area contributed by atoms with Crippen molar-refractivity contribution in [3.63, 3.8) is 0 Å². The first-order valence-electron chi connectivity index (χ1n) is 35.7. The lowest BCUT2D eigenvalue weighted by Crippen LogP contribution is -2.57. The minimum atomic E-state index is -5.08. The molecule has 1 unspecified atom stereocenters. The van der Waals surface area contributed by atoms with E-state index in [0.717, 1.165) is 64.4 Å². The van der Waals surface area contributed by atoms with E-state index in [1.54, 1.807) is 72.9 Å². The van der Waals surface area contributed by atoms with Crippen molar-refractivity contribution in [2.75, 3.05) is 19.6 Å². The number of ether oxygens (including phenoxy) is 2. The summed E-state index contributed by atoms with van der Waals surface area (Å²) < 4.78 is 54.2. The molecule has 8 amide bonds. The Morgan fingerprint density at radius 2 is 1.05 bits per heavy atom. The molecule has 108 heavy (non-hydrogen) atoms. The van der Waals surface area contributed by atoms with Crippen LogP contribution in [0.4, 0.5) is 13.2 Å². The summed E-state index contributed by atoms with van der Waals surface area (Å²) in [7, 11) is 0. The van der Waals surface area contributed by atoms with Gasteiger partial charge in [-0.25, -0.2) is 19.9 Å². The Bertz CT molecular complexity index is 4620. The third-order valence-electron chi connectivity index (χ3n) is 20.0. The Labute approximate surface area is 635 Å². The molecule has 3 fully saturated rings. The molecule has 568 valence electrons. The molecule has 8 aromatic rings. The van der Waals surface area contributed by atoms with Gasteiger partial charge in [-0.1, -0.05) is 120 Å². The molecule has 0 spiro atoms. The number of alkyl halides is 3. The van der Waals surface area contributed by atoms with Crippen molar-refractivity contribution in [2.45, 2.75) is 174 Å². The number of hydrogen-bond acceptors (Lipinski definition) is 19. The van der Waals surface area contributed by atoms with Gasteiger partial charge in [0, 0.05) is 76.2 Å². The van der Waals surface area contributed by atoms with Gasteiger partial charge in [0.1, 0.15) is 48.2 Å². The van der Waals surface area contributed by atoms with Crippen molar-refractivity contribution in [1.82, 2.24) is 60.8 Å². The number of halogens is 3. The fourth-order valence-corrected chi connectivity index (χ4v) is 16.6. The minimum absolute atomic E-state index is 0.0215. The first-order valence-corrected chi connectivity index (χ1v) is 38.3. The van der Waals surface area contributed by atoms with E-state index in [1.807, 2.05) is 107 Å². The Morgan fingerprint density at radius 3 is 1.48 bits per heavy atom. The summed E-state index contributed by atoms with van der Waals surface area (Å²) in [6, 6.07) is 22.6. The average Bonchev–Trinajstić information content (AvgIpc) is 1.63. The summed E-state index contributed by atoms with van der Waals surface area (Å²) in [5, 5.41) is 22.6. The molecule has 0 aliphatic carbocycles. The first kappa shape index (κ1) is 77.6. The maximum absolute atomic E-state index is 15.2. The molecule has 4 aliphatic rings. The molecule has 24 nitrogen and oxygen atoms in total. The van der Waals surface area contributed by atoms with Crippen molar-refractivity contribution in [2.24, 2.45) is 17.1 Å². The number of rotatable bonds is 25. The number of pyridine rings is 1. The van der Waals surface area contributed by atoms with Gasteiger partial charge in [0.25, 0.3) is 5.91 Å². The SMILES string of the molecule is Cc1ncsc1-c1ccc(CNC(=O)[C@@H]2C[C@@H](Oc3ccc(CCC(=O)N[C@H](C(=O)N4C[C@H](Oc5ccc6c(c5)C(=O)N([C@H](C(=O)N5C[C@H](O)C[C@H]5C(=O)NCc5ccc(-c7scnc7C)cc5)C(C)C)C6)C[C@H]4C(=O)NCc4ccc(-c5scnc5C)cc4)C(C)(C)C)cn3)CN2C(=O)C(N)C(F)(F)F)cc1. The zero-order valence-corrected chi connectivity index (χ0v) is 63.4. The number of carbonyl (C=O) groups excluding carboxylic acids is 8. The summed E-state index contributed by atoms with van der Waals surface area (Å²) in [6.45, 7) is 14.6. The number of aliphatic hydroxyl groups is 1. The fourth-order valence-electron chi connectivity index (χ4n) is 14.2. The lowest BCUT2D eigenvalue weighted by atomic mass is 9.85. The van der Waals surface area contributed by atoms with E-state index in [9.17, 15) is 51.8 Å². The molecule has 4 aromatic carbocycles. The summed E-state index contributed by atoms with van der Waals surface area (Å²) >= 11 is 4.55. The number of benzene rings is 4. The smallest absolute Gasteiger partial charge is 0.412 e. The highest BCUT2D eigenvalue weighted by molar-refractivity contribution is 7.14. The summed E-state index contributed by atoms with van der Waals surface area (Å²) in [5.74, 6) is -5.13. The number of nitrogens with two attached hydrogens (primary N) is 1. The molecule has 30 heteroatoms. The van der Waals surface area contributed by atoms with Crippen LogP contribution in [0.3, 0.4) is 0 Å². The normalized spacial score (nSPS) is 19.4. The number of nitrogens with one attached hydrogen (secondary N) is 4. The quantitative estimate of drug-likeness (QED) is 0.0311. The van der Waals surface area contributed by atoms with E-state index in [2.05, 4.69) is 41.2 Å². The summed E-state index contributed by atoms with van der Waals surface area (Å²) in [4.78, 5) is 140. The molecule has 9 atom stereocenters. The third kappa shape index (κ3) is 17.7. The Hall–Kier alpha value is -10.0. The van der Waals surface area contributed by atoms with Crippen LogP contribution in [-0.4, -0.2) is 172 Å². The Kier molecular flexibility index (Phi) is 23.6. The standard InChI is InChI=1S/C78H86F3N13O11S3/c1-42(2)64(74(101)91-36-54(95)27-59(91)70(97)84-32-46-9-17-50(18-10-46)65-43(3)87-39-106-65)94-35-53-23-24-55(28-58(53)73(94)100)104-56-29-61(72(99)86-34-48-13-21-52(22-14-48)67-45(5)89-41-108-67)93(37-56)76(103)69(77(6,7)8)90-62(96)25-15-49-16-26-63(83-31-49)105-57-30-60(92(38-57)75(102)68(82)78(79,80)81)71(98)85-33-47-11-19-51(20-12-47)66-44(4)88-40-107-66/h9-14,16-24,26,28,31,39-42,54,56-57,59-61,64,68-69,95H,15,25,27,29-30,32-38,82H2,1-8H3,(H,84,97)(H,85,98)(H,86,99)(H,90,96)/t54-,56-,57-,59+,60+,61+,64+,68?,69-/m1/s1. The predicted molar refractivity (Wildman–Crippen MR) is 401 cm³/mol. The molecule has 12 rings (SSSR count). The maximum Gasteiger partial charge on any atom is 0.412 e. The van der Waals surface area contributed by atoms with Crippen molar-refractivity contribution in [3.8, 4) is 43.0 Å². The van der Waals surface area contributed by atoms with Crippen molar-refractivity contribution in [1.29, 1.82) is 0 Å². The number of aromatic nitrogens is 4. The second-order valence-corrected chi connectivity index (χ2v) is 31.8. The van der Waals surface area contributed by atoms with Crippen LogP contribution >= 0.6 is 34.0 Å². The van der Waals surface area contributed by atoms with Gasteiger partial charge in [-0.05, 0) is 95.2 Å². The zero-order valence-electron chi connectivity index (χ0n) is 60.9. The molecule has 3 saturated heterocycles. The van der Waals surface area contributed by atoms with E-state index in [0.29, 0.717) is 16.7 Å².